The zero-order valence-electron chi connectivity index (χ0n) is 18.7. The maximum atomic E-state index is 4.72. The van der Waals surface area contributed by atoms with Crippen molar-refractivity contribution >= 4 is 5.84 Å². The van der Waals surface area contributed by atoms with Crippen LogP contribution < -0.4 is 5.32 Å². The number of aliphatic imine (C=N–C) groups is 1. The second-order valence-electron chi connectivity index (χ2n) is 7.69. The Morgan fingerprint density at radius 1 is 1.29 bits per heavy atom. The summed E-state index contributed by atoms with van der Waals surface area (Å²) >= 11 is 0. The molecule has 0 aliphatic heterocycles. The van der Waals surface area contributed by atoms with Gasteiger partial charge in [-0.3, -0.25) is 4.99 Å². The summed E-state index contributed by atoms with van der Waals surface area (Å²) in [6.07, 6.45) is 21.6. The molecule has 1 fully saturated rings. The Balaban J connectivity index is 0.00000190. The predicted molar refractivity (Wildman–Crippen MR) is 127 cm³/mol. The molecule has 0 aromatic carbocycles. The van der Waals surface area contributed by atoms with E-state index < -0.39 is 0 Å². The monoisotopic (exact) mass is 382 g/mol. The van der Waals surface area contributed by atoms with E-state index >= 15 is 0 Å². The highest BCUT2D eigenvalue weighted by Crippen LogP contribution is 2.42. The third kappa shape index (κ3) is 8.04. The third-order valence-electron chi connectivity index (χ3n) is 5.89. The van der Waals surface area contributed by atoms with E-state index in [1.807, 2.05) is 32.9 Å². The van der Waals surface area contributed by atoms with Gasteiger partial charge in [0.05, 0.1) is 0 Å². The summed E-state index contributed by atoms with van der Waals surface area (Å²) in [5.41, 5.74) is 2.59. The molecule has 1 unspecified atom stereocenters. The van der Waals surface area contributed by atoms with E-state index in [0.29, 0.717) is 0 Å². The van der Waals surface area contributed by atoms with Crippen molar-refractivity contribution in [3.05, 3.63) is 60.9 Å². The van der Waals surface area contributed by atoms with Gasteiger partial charge in [-0.2, -0.15) is 0 Å². The van der Waals surface area contributed by atoms with E-state index in [1.54, 1.807) is 11.8 Å². The van der Waals surface area contributed by atoms with Gasteiger partial charge in [0.2, 0.25) is 0 Å². The molecule has 1 atom stereocenters. The topological polar surface area (TPSA) is 24.4 Å². The second-order valence-corrected chi connectivity index (χ2v) is 7.69. The first-order chi connectivity index (χ1) is 13.7. The molecule has 1 saturated carbocycles. The van der Waals surface area contributed by atoms with Crippen molar-refractivity contribution in [3.63, 3.8) is 0 Å². The Bertz CT molecular complexity index is 586. The first-order valence-electron chi connectivity index (χ1n) is 11.2. The number of hydrogen-bond donors (Lipinski definition) is 1. The lowest BCUT2D eigenvalue weighted by atomic mass is 9.67. The van der Waals surface area contributed by atoms with Crippen LogP contribution in [0.2, 0.25) is 0 Å². The number of nitrogens with one attached hydrogen (secondary N) is 1. The molecule has 0 amide bonds. The maximum absolute atomic E-state index is 4.72. The van der Waals surface area contributed by atoms with Gasteiger partial charge in [0.1, 0.15) is 5.84 Å². The summed E-state index contributed by atoms with van der Waals surface area (Å²) in [7, 11) is 0. The van der Waals surface area contributed by atoms with Crippen molar-refractivity contribution in [3.8, 4) is 0 Å². The van der Waals surface area contributed by atoms with Crippen LogP contribution in [0.25, 0.3) is 0 Å². The molecule has 0 saturated heterocycles. The van der Waals surface area contributed by atoms with E-state index in [9.17, 15) is 0 Å². The van der Waals surface area contributed by atoms with E-state index in [4.69, 9.17) is 4.99 Å². The van der Waals surface area contributed by atoms with Crippen LogP contribution in [0.4, 0.5) is 0 Å². The fraction of sp³-hybridized carbons (Fsp3) is 0.577. The number of hydrogen-bond acceptors (Lipinski definition) is 1. The Kier molecular flexibility index (Phi) is 12.3. The minimum absolute atomic E-state index is 0.847. The van der Waals surface area contributed by atoms with E-state index in [-0.39, 0.29) is 0 Å². The molecule has 0 heterocycles. The molecule has 1 N–H and O–H groups in total. The minimum atomic E-state index is 0.847. The van der Waals surface area contributed by atoms with Gasteiger partial charge in [-0.1, -0.05) is 69.9 Å². The third-order valence-corrected chi connectivity index (χ3v) is 5.89. The van der Waals surface area contributed by atoms with Crippen molar-refractivity contribution in [1.82, 2.24) is 5.32 Å². The highest BCUT2D eigenvalue weighted by molar-refractivity contribution is 6.01. The van der Waals surface area contributed by atoms with Crippen molar-refractivity contribution in [2.75, 3.05) is 6.54 Å². The molecule has 156 valence electrons. The van der Waals surface area contributed by atoms with Crippen LogP contribution in [-0.4, -0.2) is 12.4 Å². The van der Waals surface area contributed by atoms with E-state index in [1.165, 1.54) is 44.9 Å². The molecule has 2 heteroatoms. The van der Waals surface area contributed by atoms with Crippen LogP contribution >= 0.6 is 0 Å². The largest absolute Gasteiger partial charge is 0.347 e. The fourth-order valence-electron chi connectivity index (χ4n) is 4.00. The number of rotatable bonds is 10. The van der Waals surface area contributed by atoms with E-state index in [2.05, 4.69) is 43.6 Å². The molecular weight excluding hydrogens is 340 g/mol. The Morgan fingerprint density at radius 3 is 2.61 bits per heavy atom. The quantitative estimate of drug-likeness (QED) is 0.238. The fourth-order valence-corrected chi connectivity index (χ4v) is 4.00. The molecule has 0 bridgehead atoms. The van der Waals surface area contributed by atoms with Crippen molar-refractivity contribution in [2.45, 2.75) is 72.6 Å². The zero-order chi connectivity index (χ0) is 20.8. The highest BCUT2D eigenvalue weighted by atomic mass is 15.0. The molecule has 28 heavy (non-hydrogen) atoms. The lowest BCUT2D eigenvalue weighted by Crippen LogP contribution is -2.29. The number of amidine groups is 1. The molecule has 0 spiro atoms. The van der Waals surface area contributed by atoms with Gasteiger partial charge in [-0.25, -0.2) is 0 Å². The molecule has 2 rings (SSSR count). The van der Waals surface area contributed by atoms with Gasteiger partial charge in [0, 0.05) is 12.1 Å². The average molecular weight is 383 g/mol. The van der Waals surface area contributed by atoms with Crippen molar-refractivity contribution in [2.24, 2.45) is 22.7 Å². The Labute approximate surface area is 174 Å². The van der Waals surface area contributed by atoms with E-state index in [0.717, 1.165) is 35.7 Å². The summed E-state index contributed by atoms with van der Waals surface area (Å²) in [6.45, 7) is 16.9. The lowest BCUT2D eigenvalue weighted by Gasteiger charge is -2.39. The van der Waals surface area contributed by atoms with Crippen LogP contribution in [0.1, 0.15) is 72.6 Å². The second kappa shape index (κ2) is 14.2. The Hall–Kier alpha value is -1.83. The summed E-state index contributed by atoms with van der Waals surface area (Å²) in [5.74, 6) is 3.50. The minimum Gasteiger partial charge on any atom is -0.347 e. The Morgan fingerprint density at radius 2 is 2.04 bits per heavy atom. The predicted octanol–water partition coefficient (Wildman–Crippen LogP) is 7.39. The number of nitrogens with zero attached hydrogens (tertiary/aromatic N) is 1. The molecule has 0 aromatic heterocycles. The van der Waals surface area contributed by atoms with Crippen LogP contribution in [0.5, 0.6) is 0 Å². The molecular formula is C26H42N2. The van der Waals surface area contributed by atoms with Gasteiger partial charge < -0.3 is 5.32 Å². The van der Waals surface area contributed by atoms with Gasteiger partial charge in [0.15, 0.2) is 0 Å². The first-order valence-corrected chi connectivity index (χ1v) is 11.2. The molecule has 2 aliphatic carbocycles. The van der Waals surface area contributed by atoms with Crippen molar-refractivity contribution in [1.29, 1.82) is 0 Å². The van der Waals surface area contributed by atoms with Crippen LogP contribution in [0, 0.1) is 17.8 Å². The van der Waals surface area contributed by atoms with Gasteiger partial charge in [-0.15, -0.1) is 0 Å². The average Bonchev–Trinajstić information content (AvgIpc) is 2.71. The zero-order valence-corrected chi connectivity index (χ0v) is 18.7. The van der Waals surface area contributed by atoms with Crippen LogP contribution in [-0.2, 0) is 0 Å². The lowest BCUT2D eigenvalue weighted by molar-refractivity contribution is 0.122. The summed E-state index contributed by atoms with van der Waals surface area (Å²) in [5, 5.41) is 3.13. The van der Waals surface area contributed by atoms with Crippen molar-refractivity contribution < 1.29 is 0 Å². The van der Waals surface area contributed by atoms with Gasteiger partial charge in [0.25, 0.3) is 0 Å². The smallest absolute Gasteiger partial charge is 0.131 e. The number of allylic oxidation sites excluding steroid dienone is 5. The first kappa shape index (κ1) is 24.2. The maximum Gasteiger partial charge on any atom is 0.131 e. The van der Waals surface area contributed by atoms with Gasteiger partial charge in [-0.05, 0) is 75.8 Å². The SMILES string of the molecule is C=CNC(=NCCC1CC(C(C)CCC2=CCCC=C2)C1)/C(C=C)=C\C.CC. The summed E-state index contributed by atoms with van der Waals surface area (Å²) in [4.78, 5) is 4.72. The molecule has 0 radical (unpaired) electrons. The summed E-state index contributed by atoms with van der Waals surface area (Å²) < 4.78 is 0. The van der Waals surface area contributed by atoms with Crippen LogP contribution in [0.3, 0.4) is 0 Å². The molecule has 0 aromatic rings. The van der Waals surface area contributed by atoms with Gasteiger partial charge >= 0.3 is 0 Å². The normalized spacial score (nSPS) is 22.9. The molecule has 2 aliphatic rings. The summed E-state index contributed by atoms with van der Waals surface area (Å²) in [6, 6.07) is 0. The highest BCUT2D eigenvalue weighted by Gasteiger charge is 2.32. The molecule has 2 nitrogen and oxygen atoms in total. The van der Waals surface area contributed by atoms with Crippen LogP contribution in [0.15, 0.2) is 65.9 Å². The standard InChI is InChI=1S/C24H36N2.C2H6/c1-5-22(6-2)24(25-7-3)26-16-15-21-17-23(18-21)19(4)13-14-20-11-9-8-10-12-20;1-2/h5-7,9,11-12,19,21,23H,1,3,8,10,13-18H2,2,4H3,(H,25,26);1-2H3/b22-6-;.